The van der Waals surface area contributed by atoms with Crippen molar-refractivity contribution in [3.8, 4) is 0 Å². The molecule has 0 aromatic carbocycles. The Kier molecular flexibility index (Phi) is 5.08. The number of likely N-dealkylation sites (tertiary alicyclic amines) is 1. The zero-order valence-electron chi connectivity index (χ0n) is 13.6. The molecule has 116 valence electrons. The maximum absolute atomic E-state index is 12.6. The van der Waals surface area contributed by atoms with Gasteiger partial charge in [0.1, 0.15) is 0 Å². The summed E-state index contributed by atoms with van der Waals surface area (Å²) >= 11 is 0. The largest absolute Gasteiger partial charge is 0.342 e. The van der Waals surface area contributed by atoms with Crippen molar-refractivity contribution in [2.45, 2.75) is 46.1 Å². The maximum atomic E-state index is 12.6. The molecule has 2 saturated heterocycles. The molecular formula is C16H31N3O. The van der Waals surface area contributed by atoms with Crippen molar-refractivity contribution in [1.82, 2.24) is 15.1 Å². The van der Waals surface area contributed by atoms with Gasteiger partial charge in [-0.1, -0.05) is 13.8 Å². The van der Waals surface area contributed by atoms with E-state index in [1.54, 1.807) is 0 Å². The number of nitrogens with one attached hydrogen (secondary N) is 1. The normalized spacial score (nSPS) is 28.6. The van der Waals surface area contributed by atoms with Crippen LogP contribution in [0.3, 0.4) is 0 Å². The first kappa shape index (κ1) is 15.8. The van der Waals surface area contributed by atoms with Crippen molar-refractivity contribution in [1.29, 1.82) is 0 Å². The third kappa shape index (κ3) is 3.01. The molecule has 0 aromatic heterocycles. The Balaban J connectivity index is 1.97. The number of amides is 1. The Morgan fingerprint density at radius 1 is 1.25 bits per heavy atom. The van der Waals surface area contributed by atoms with Crippen LogP contribution in [0.25, 0.3) is 0 Å². The molecule has 20 heavy (non-hydrogen) atoms. The summed E-state index contributed by atoms with van der Waals surface area (Å²) in [6.07, 6.45) is 2.09. The van der Waals surface area contributed by atoms with Crippen LogP contribution >= 0.6 is 0 Å². The molecule has 2 aliphatic rings. The highest BCUT2D eigenvalue weighted by atomic mass is 16.2. The van der Waals surface area contributed by atoms with Gasteiger partial charge in [0.25, 0.3) is 0 Å². The minimum absolute atomic E-state index is 0.147. The Morgan fingerprint density at radius 2 is 1.90 bits per heavy atom. The smallest absolute Gasteiger partial charge is 0.236 e. The van der Waals surface area contributed by atoms with Crippen LogP contribution in [-0.4, -0.2) is 60.5 Å². The second kappa shape index (κ2) is 6.44. The first-order chi connectivity index (χ1) is 9.50. The molecule has 2 unspecified atom stereocenters. The maximum Gasteiger partial charge on any atom is 0.236 e. The predicted octanol–water partition coefficient (Wildman–Crippen LogP) is 1.56. The van der Waals surface area contributed by atoms with Gasteiger partial charge in [-0.3, -0.25) is 9.69 Å². The van der Waals surface area contributed by atoms with Crippen LogP contribution in [0.5, 0.6) is 0 Å². The van der Waals surface area contributed by atoms with Gasteiger partial charge in [-0.15, -0.1) is 0 Å². The van der Waals surface area contributed by atoms with E-state index in [4.69, 9.17) is 0 Å². The molecule has 0 spiro atoms. The van der Waals surface area contributed by atoms with Crippen molar-refractivity contribution in [3.63, 3.8) is 0 Å². The van der Waals surface area contributed by atoms with E-state index in [2.05, 4.69) is 37.9 Å². The zero-order valence-corrected chi connectivity index (χ0v) is 13.6. The molecule has 0 aromatic rings. The lowest BCUT2D eigenvalue weighted by molar-refractivity contribution is -0.133. The number of rotatable bonds is 6. The number of fused-ring (bicyclic) bond motifs is 1. The van der Waals surface area contributed by atoms with Crippen LogP contribution < -0.4 is 5.32 Å². The summed E-state index contributed by atoms with van der Waals surface area (Å²) in [5.41, 5.74) is 0.147. The third-order valence-electron chi connectivity index (χ3n) is 5.18. The minimum Gasteiger partial charge on any atom is -0.342 e. The van der Waals surface area contributed by atoms with Crippen molar-refractivity contribution >= 4 is 5.91 Å². The van der Waals surface area contributed by atoms with E-state index < -0.39 is 0 Å². The van der Waals surface area contributed by atoms with Gasteiger partial charge >= 0.3 is 0 Å². The average molecular weight is 281 g/mol. The molecule has 4 heteroatoms. The quantitative estimate of drug-likeness (QED) is 0.802. The molecule has 0 radical (unpaired) electrons. The van der Waals surface area contributed by atoms with Gasteiger partial charge in [-0.25, -0.2) is 0 Å². The second-order valence-electron chi connectivity index (χ2n) is 6.94. The summed E-state index contributed by atoms with van der Waals surface area (Å²) in [6, 6.07) is 0. The first-order valence-corrected chi connectivity index (χ1v) is 8.24. The number of hydrogen-bond acceptors (Lipinski definition) is 3. The highest BCUT2D eigenvalue weighted by Crippen LogP contribution is 2.40. The third-order valence-corrected chi connectivity index (χ3v) is 5.18. The average Bonchev–Trinajstić information content (AvgIpc) is 2.93. The molecule has 1 amide bonds. The number of carbonyl (C=O) groups is 1. The lowest BCUT2D eigenvalue weighted by atomic mass is 9.85. The van der Waals surface area contributed by atoms with Gasteiger partial charge in [0.2, 0.25) is 5.91 Å². The fourth-order valence-electron chi connectivity index (χ4n) is 3.94. The summed E-state index contributed by atoms with van der Waals surface area (Å²) < 4.78 is 0. The monoisotopic (exact) mass is 281 g/mol. The molecule has 1 N–H and O–H groups in total. The fraction of sp³-hybridized carbons (Fsp3) is 0.938. The fourth-order valence-corrected chi connectivity index (χ4v) is 3.94. The topological polar surface area (TPSA) is 35.6 Å². The van der Waals surface area contributed by atoms with E-state index in [-0.39, 0.29) is 5.54 Å². The van der Waals surface area contributed by atoms with Crippen molar-refractivity contribution in [2.75, 3.05) is 39.3 Å². The van der Waals surface area contributed by atoms with Gasteiger partial charge < -0.3 is 10.2 Å². The standard InChI is InChI=1S/C16H31N3O/c1-5-7-18(8-6-2)15(20)12-19-11-13-9-17-10-14(13)16(19,3)4/h13-14,17H,5-12H2,1-4H3. The zero-order chi connectivity index (χ0) is 14.8. The van der Waals surface area contributed by atoms with Crippen LogP contribution in [0.1, 0.15) is 40.5 Å². The molecule has 0 bridgehead atoms. The highest BCUT2D eigenvalue weighted by Gasteiger charge is 2.49. The minimum atomic E-state index is 0.147. The van der Waals surface area contributed by atoms with E-state index >= 15 is 0 Å². The van der Waals surface area contributed by atoms with Crippen LogP contribution in [0, 0.1) is 11.8 Å². The highest BCUT2D eigenvalue weighted by molar-refractivity contribution is 5.78. The number of nitrogens with zero attached hydrogens (tertiary/aromatic N) is 2. The molecule has 2 aliphatic heterocycles. The van der Waals surface area contributed by atoms with Crippen LogP contribution in [0.2, 0.25) is 0 Å². The number of carbonyl (C=O) groups excluding carboxylic acids is 1. The molecule has 0 saturated carbocycles. The summed E-state index contributed by atoms with van der Waals surface area (Å²) in [7, 11) is 0. The Morgan fingerprint density at radius 3 is 2.45 bits per heavy atom. The van der Waals surface area contributed by atoms with Gasteiger partial charge in [0.15, 0.2) is 0 Å². The van der Waals surface area contributed by atoms with E-state index in [1.165, 1.54) is 0 Å². The van der Waals surface area contributed by atoms with Crippen molar-refractivity contribution in [2.24, 2.45) is 11.8 Å². The van der Waals surface area contributed by atoms with E-state index in [1.807, 2.05) is 4.90 Å². The van der Waals surface area contributed by atoms with E-state index in [0.29, 0.717) is 18.4 Å². The summed E-state index contributed by atoms with van der Waals surface area (Å²) in [6.45, 7) is 14.6. The Bertz CT molecular complexity index is 337. The van der Waals surface area contributed by atoms with Gasteiger partial charge in [-0.2, -0.15) is 0 Å². The summed E-state index contributed by atoms with van der Waals surface area (Å²) in [4.78, 5) is 17.0. The van der Waals surface area contributed by atoms with Crippen molar-refractivity contribution < 1.29 is 4.79 Å². The van der Waals surface area contributed by atoms with Crippen LogP contribution in [0.15, 0.2) is 0 Å². The molecular weight excluding hydrogens is 250 g/mol. The molecule has 2 heterocycles. The predicted molar refractivity (Wildman–Crippen MR) is 82.7 cm³/mol. The molecule has 2 fully saturated rings. The van der Waals surface area contributed by atoms with Gasteiger partial charge in [-0.05, 0) is 45.1 Å². The SMILES string of the molecule is CCCN(CCC)C(=O)CN1CC2CNCC2C1(C)C. The Labute approximate surface area is 123 Å². The molecule has 2 atom stereocenters. The molecule has 0 aliphatic carbocycles. The van der Waals surface area contributed by atoms with E-state index in [9.17, 15) is 4.79 Å². The summed E-state index contributed by atoms with van der Waals surface area (Å²) in [5.74, 6) is 1.74. The first-order valence-electron chi connectivity index (χ1n) is 8.24. The van der Waals surface area contributed by atoms with Gasteiger partial charge in [0.05, 0.1) is 6.54 Å². The van der Waals surface area contributed by atoms with E-state index in [0.717, 1.165) is 51.5 Å². The second-order valence-corrected chi connectivity index (χ2v) is 6.94. The van der Waals surface area contributed by atoms with Crippen LogP contribution in [-0.2, 0) is 4.79 Å². The number of hydrogen-bond donors (Lipinski definition) is 1. The van der Waals surface area contributed by atoms with Gasteiger partial charge in [0, 0.05) is 31.7 Å². The Hall–Kier alpha value is -0.610. The summed E-state index contributed by atoms with van der Waals surface area (Å²) in [5, 5.41) is 3.50. The molecule has 2 rings (SSSR count). The molecule has 4 nitrogen and oxygen atoms in total. The lowest BCUT2D eigenvalue weighted by Gasteiger charge is -2.36. The van der Waals surface area contributed by atoms with Crippen LogP contribution in [0.4, 0.5) is 0 Å². The lowest BCUT2D eigenvalue weighted by Crippen LogP contribution is -2.49. The van der Waals surface area contributed by atoms with Crippen molar-refractivity contribution in [3.05, 3.63) is 0 Å².